The minimum atomic E-state index is -0.493. The molecule has 2 heterocycles. The molecule has 32 heavy (non-hydrogen) atoms. The van der Waals surface area contributed by atoms with Gasteiger partial charge in [0, 0.05) is 25.1 Å². The van der Waals surface area contributed by atoms with Gasteiger partial charge in [-0.2, -0.15) is 5.10 Å². The third-order valence-corrected chi connectivity index (χ3v) is 4.71. The monoisotopic (exact) mass is 438 g/mol. The van der Waals surface area contributed by atoms with Crippen molar-refractivity contribution in [1.29, 1.82) is 0 Å². The van der Waals surface area contributed by atoms with Gasteiger partial charge in [0.25, 0.3) is 0 Å². The van der Waals surface area contributed by atoms with Gasteiger partial charge in [-0.15, -0.1) is 0 Å². The number of anilines is 3. The van der Waals surface area contributed by atoms with Crippen LogP contribution >= 0.6 is 0 Å². The molecule has 0 saturated heterocycles. The summed E-state index contributed by atoms with van der Waals surface area (Å²) in [6.07, 6.45) is 1.56. The Kier molecular flexibility index (Phi) is 6.22. The summed E-state index contributed by atoms with van der Waals surface area (Å²) in [6.45, 7) is 0.213. The third-order valence-electron chi connectivity index (χ3n) is 4.71. The van der Waals surface area contributed by atoms with Gasteiger partial charge < -0.3 is 15.4 Å². The maximum atomic E-state index is 13.2. The summed E-state index contributed by atoms with van der Waals surface area (Å²) in [5.74, 6) is 0.138. The second-order valence-electron chi connectivity index (χ2n) is 6.98. The largest absolute Gasteiger partial charge is 0.382 e. The molecule has 0 aliphatic heterocycles. The fraction of sp³-hybridized carbons (Fsp3) is 0.136. The van der Waals surface area contributed by atoms with Crippen LogP contribution in [0.25, 0.3) is 10.9 Å². The number of aromatic nitrogens is 3. The number of hydrogen-bond donors (Lipinski definition) is 4. The SMILES string of the molecule is COC[C@@H](NC(=O)Nc1cc2[nH]nc(Nc3ccc(F)cc3)c2cn1)c1ccc(F)cc1. The molecule has 4 rings (SSSR count). The van der Waals surface area contributed by atoms with Crippen molar-refractivity contribution < 1.29 is 18.3 Å². The van der Waals surface area contributed by atoms with Gasteiger partial charge in [0.05, 0.1) is 23.6 Å². The predicted molar refractivity (Wildman–Crippen MR) is 117 cm³/mol. The quantitative estimate of drug-likeness (QED) is 0.340. The molecule has 10 heteroatoms. The summed E-state index contributed by atoms with van der Waals surface area (Å²) >= 11 is 0. The summed E-state index contributed by atoms with van der Waals surface area (Å²) in [4.78, 5) is 16.7. The highest BCUT2D eigenvalue weighted by Crippen LogP contribution is 2.25. The molecule has 0 bridgehead atoms. The molecular formula is C22H20F2N6O2. The Balaban J connectivity index is 1.44. The Morgan fingerprint density at radius 3 is 2.47 bits per heavy atom. The van der Waals surface area contributed by atoms with Crippen LogP contribution in [0.3, 0.4) is 0 Å². The fourth-order valence-corrected chi connectivity index (χ4v) is 3.14. The first-order valence-electron chi connectivity index (χ1n) is 9.70. The van der Waals surface area contributed by atoms with Crippen molar-refractivity contribution in [2.24, 2.45) is 0 Å². The number of hydrogen-bond acceptors (Lipinski definition) is 5. The number of carbonyl (C=O) groups excluding carboxylic acids is 1. The van der Waals surface area contributed by atoms with Crippen molar-refractivity contribution in [3.8, 4) is 0 Å². The molecule has 1 atom stereocenters. The Hall–Kier alpha value is -4.05. The van der Waals surface area contributed by atoms with E-state index in [0.717, 1.165) is 0 Å². The second-order valence-corrected chi connectivity index (χ2v) is 6.98. The van der Waals surface area contributed by atoms with E-state index in [1.54, 1.807) is 36.5 Å². The molecule has 2 amide bonds. The smallest absolute Gasteiger partial charge is 0.320 e. The number of H-pyrrole nitrogens is 1. The standard InChI is InChI=1S/C22H20F2N6O2/c1-32-12-19(13-2-4-14(23)5-3-13)27-22(31)28-20-10-18-17(11-25-20)21(30-29-18)26-16-8-6-15(24)7-9-16/h2-11,19H,12H2,1H3,(H2,26,29,30)(H2,25,27,28,31)/t19-/m1/s1. The number of amides is 2. The van der Waals surface area contributed by atoms with Gasteiger partial charge in [-0.3, -0.25) is 10.4 Å². The molecule has 0 saturated carbocycles. The third kappa shape index (κ3) is 4.98. The van der Waals surface area contributed by atoms with E-state index in [0.29, 0.717) is 33.8 Å². The van der Waals surface area contributed by atoms with Gasteiger partial charge in [-0.25, -0.2) is 18.6 Å². The minimum absolute atomic E-state index is 0.213. The maximum absolute atomic E-state index is 13.2. The summed E-state index contributed by atoms with van der Waals surface area (Å²) < 4.78 is 31.4. The van der Waals surface area contributed by atoms with Gasteiger partial charge in [0.1, 0.15) is 17.5 Å². The average molecular weight is 438 g/mol. The molecule has 164 valence electrons. The lowest BCUT2D eigenvalue weighted by atomic mass is 10.1. The van der Waals surface area contributed by atoms with E-state index in [1.807, 2.05) is 0 Å². The van der Waals surface area contributed by atoms with E-state index in [2.05, 4.69) is 31.1 Å². The van der Waals surface area contributed by atoms with Crippen LogP contribution in [0, 0.1) is 11.6 Å². The first kappa shape index (κ1) is 21.2. The number of nitrogens with one attached hydrogen (secondary N) is 4. The Morgan fingerprint density at radius 1 is 1.09 bits per heavy atom. The Morgan fingerprint density at radius 2 is 1.78 bits per heavy atom. The number of halogens is 2. The molecular weight excluding hydrogens is 418 g/mol. The number of aromatic amines is 1. The fourth-order valence-electron chi connectivity index (χ4n) is 3.14. The minimum Gasteiger partial charge on any atom is -0.382 e. The summed E-state index contributed by atoms with van der Waals surface area (Å²) in [5.41, 5.74) is 2.02. The van der Waals surface area contributed by atoms with Gasteiger partial charge in [0.15, 0.2) is 5.82 Å². The molecule has 0 aliphatic carbocycles. The van der Waals surface area contributed by atoms with Crippen LogP contribution in [0.1, 0.15) is 11.6 Å². The van der Waals surface area contributed by atoms with Crippen LogP contribution in [-0.2, 0) is 4.74 Å². The lowest BCUT2D eigenvalue weighted by molar-refractivity contribution is 0.168. The maximum Gasteiger partial charge on any atom is 0.320 e. The van der Waals surface area contributed by atoms with Crippen molar-refractivity contribution in [2.75, 3.05) is 24.4 Å². The van der Waals surface area contributed by atoms with Crippen molar-refractivity contribution in [3.63, 3.8) is 0 Å². The van der Waals surface area contributed by atoms with Crippen molar-refractivity contribution in [1.82, 2.24) is 20.5 Å². The number of fused-ring (bicyclic) bond motifs is 1. The zero-order valence-electron chi connectivity index (χ0n) is 17.0. The normalized spacial score (nSPS) is 11.8. The van der Waals surface area contributed by atoms with E-state index in [9.17, 15) is 13.6 Å². The van der Waals surface area contributed by atoms with E-state index in [-0.39, 0.29) is 18.2 Å². The van der Waals surface area contributed by atoms with E-state index < -0.39 is 12.1 Å². The molecule has 0 aliphatic rings. The Labute approximate surface area is 182 Å². The van der Waals surface area contributed by atoms with Crippen molar-refractivity contribution in [3.05, 3.63) is 78.0 Å². The molecule has 2 aromatic carbocycles. The van der Waals surface area contributed by atoms with Crippen molar-refractivity contribution in [2.45, 2.75) is 6.04 Å². The van der Waals surface area contributed by atoms with Crippen LogP contribution in [0.2, 0.25) is 0 Å². The van der Waals surface area contributed by atoms with E-state index in [4.69, 9.17) is 4.74 Å². The zero-order valence-corrected chi connectivity index (χ0v) is 17.0. The number of carbonyl (C=O) groups is 1. The number of ether oxygens (including phenoxy) is 1. The Bertz CT molecular complexity index is 1210. The van der Waals surface area contributed by atoms with Crippen LogP contribution < -0.4 is 16.0 Å². The number of nitrogens with zero attached hydrogens (tertiary/aromatic N) is 2. The van der Waals surface area contributed by atoms with Crippen LogP contribution in [-0.4, -0.2) is 34.9 Å². The van der Waals surface area contributed by atoms with Gasteiger partial charge in [-0.05, 0) is 42.0 Å². The lowest BCUT2D eigenvalue weighted by Gasteiger charge is -2.18. The van der Waals surface area contributed by atoms with Crippen molar-refractivity contribution >= 4 is 34.3 Å². The highest BCUT2D eigenvalue weighted by atomic mass is 19.1. The van der Waals surface area contributed by atoms with Crippen LogP contribution in [0.5, 0.6) is 0 Å². The first-order valence-corrected chi connectivity index (χ1v) is 9.70. The highest BCUT2D eigenvalue weighted by molar-refractivity contribution is 5.95. The highest BCUT2D eigenvalue weighted by Gasteiger charge is 2.16. The molecule has 0 radical (unpaired) electrons. The van der Waals surface area contributed by atoms with Gasteiger partial charge in [0.2, 0.25) is 0 Å². The summed E-state index contributed by atoms with van der Waals surface area (Å²) in [5, 5.41) is 16.3. The number of benzene rings is 2. The number of methoxy groups -OCH3 is 1. The summed E-state index contributed by atoms with van der Waals surface area (Å²) in [7, 11) is 1.52. The molecule has 4 N–H and O–H groups in total. The molecule has 0 unspecified atom stereocenters. The topological polar surface area (TPSA) is 104 Å². The average Bonchev–Trinajstić information content (AvgIpc) is 3.17. The molecule has 2 aromatic heterocycles. The summed E-state index contributed by atoms with van der Waals surface area (Å²) in [6, 6.07) is 12.4. The first-order chi connectivity index (χ1) is 15.5. The molecule has 0 fully saturated rings. The van der Waals surface area contributed by atoms with Gasteiger partial charge >= 0.3 is 6.03 Å². The van der Waals surface area contributed by atoms with E-state index >= 15 is 0 Å². The molecule has 0 spiro atoms. The zero-order chi connectivity index (χ0) is 22.5. The molecule has 4 aromatic rings. The van der Waals surface area contributed by atoms with Crippen LogP contribution in [0.15, 0.2) is 60.8 Å². The number of pyridine rings is 1. The predicted octanol–water partition coefficient (Wildman–Crippen LogP) is 4.49. The molecule has 8 nitrogen and oxygen atoms in total. The number of rotatable bonds is 7. The lowest BCUT2D eigenvalue weighted by Crippen LogP contribution is -2.35. The number of urea groups is 1. The van der Waals surface area contributed by atoms with Crippen LogP contribution in [0.4, 0.5) is 30.9 Å². The second kappa shape index (κ2) is 9.40. The van der Waals surface area contributed by atoms with Gasteiger partial charge in [-0.1, -0.05) is 12.1 Å². The van der Waals surface area contributed by atoms with E-state index in [1.165, 1.54) is 31.4 Å².